The van der Waals surface area contributed by atoms with E-state index in [9.17, 15) is 14.9 Å². The number of nitro benzene ring substituents is 1. The molecule has 0 aliphatic rings. The van der Waals surface area contributed by atoms with Crippen LogP contribution in [0.5, 0.6) is 0 Å². The normalized spacial score (nSPS) is 11.7. The Morgan fingerprint density at radius 1 is 1.26 bits per heavy atom. The largest absolute Gasteiger partial charge is 0.333 e. The average molecular weight is 314 g/mol. The molecule has 0 radical (unpaired) electrons. The fourth-order valence-electron chi connectivity index (χ4n) is 2.28. The number of benzene rings is 2. The molecule has 0 aliphatic carbocycles. The SMILES string of the molecule is Cc1cc([N+](=O)[O-])ccc1NC(=O)C[NH2+][C@@H](C)c1ccccc1. The fourth-order valence-corrected chi connectivity index (χ4v) is 2.28. The van der Waals surface area contributed by atoms with E-state index in [1.807, 2.05) is 42.6 Å². The van der Waals surface area contributed by atoms with E-state index >= 15 is 0 Å². The molecule has 120 valence electrons. The van der Waals surface area contributed by atoms with E-state index in [4.69, 9.17) is 0 Å². The van der Waals surface area contributed by atoms with Crippen LogP contribution in [0, 0.1) is 17.0 Å². The van der Waals surface area contributed by atoms with Gasteiger partial charge in [0.2, 0.25) is 0 Å². The molecule has 0 aromatic heterocycles. The highest BCUT2D eigenvalue weighted by Gasteiger charge is 2.13. The number of nitrogens with two attached hydrogens (primary N) is 1. The molecule has 1 atom stereocenters. The zero-order valence-electron chi connectivity index (χ0n) is 13.2. The van der Waals surface area contributed by atoms with Crippen LogP contribution in [0.25, 0.3) is 0 Å². The number of nitrogens with one attached hydrogen (secondary N) is 1. The van der Waals surface area contributed by atoms with Crippen molar-refractivity contribution in [3.05, 3.63) is 69.8 Å². The number of nitrogens with zero attached hydrogens (tertiary/aromatic N) is 1. The first-order chi connectivity index (χ1) is 11.0. The van der Waals surface area contributed by atoms with Gasteiger partial charge < -0.3 is 10.6 Å². The number of carbonyl (C=O) groups excluding carboxylic acids is 1. The molecule has 2 aromatic rings. The second-order valence-electron chi connectivity index (χ2n) is 5.44. The van der Waals surface area contributed by atoms with Crippen LogP contribution in [0.4, 0.5) is 11.4 Å². The molecule has 0 heterocycles. The van der Waals surface area contributed by atoms with Gasteiger partial charge in [-0.05, 0) is 25.5 Å². The summed E-state index contributed by atoms with van der Waals surface area (Å²) >= 11 is 0. The van der Waals surface area contributed by atoms with Gasteiger partial charge in [0.15, 0.2) is 6.54 Å². The molecule has 2 rings (SSSR count). The van der Waals surface area contributed by atoms with Gasteiger partial charge in [-0.3, -0.25) is 14.9 Å². The van der Waals surface area contributed by atoms with Gasteiger partial charge in [-0.15, -0.1) is 0 Å². The van der Waals surface area contributed by atoms with Crippen molar-refractivity contribution in [2.75, 3.05) is 11.9 Å². The monoisotopic (exact) mass is 314 g/mol. The zero-order chi connectivity index (χ0) is 16.8. The Labute approximate surface area is 134 Å². The smallest absolute Gasteiger partial charge is 0.279 e. The predicted molar refractivity (Wildman–Crippen MR) is 88.1 cm³/mol. The van der Waals surface area contributed by atoms with Crippen LogP contribution in [0.2, 0.25) is 0 Å². The highest BCUT2D eigenvalue weighted by atomic mass is 16.6. The number of aryl methyl sites for hydroxylation is 1. The van der Waals surface area contributed by atoms with Gasteiger partial charge in [-0.1, -0.05) is 30.3 Å². The van der Waals surface area contributed by atoms with E-state index in [1.54, 1.807) is 13.0 Å². The van der Waals surface area contributed by atoms with Crippen LogP contribution >= 0.6 is 0 Å². The summed E-state index contributed by atoms with van der Waals surface area (Å²) < 4.78 is 0. The standard InChI is InChI=1S/C17H19N3O3/c1-12-10-15(20(22)23)8-9-16(12)19-17(21)11-18-13(2)14-6-4-3-5-7-14/h3-10,13,18H,11H2,1-2H3,(H,19,21)/p+1/t13-/m0/s1. The molecule has 2 aromatic carbocycles. The summed E-state index contributed by atoms with van der Waals surface area (Å²) in [6.07, 6.45) is 0. The zero-order valence-corrected chi connectivity index (χ0v) is 13.2. The third kappa shape index (κ3) is 4.62. The van der Waals surface area contributed by atoms with Crippen molar-refractivity contribution in [3.63, 3.8) is 0 Å². The number of anilines is 1. The molecular weight excluding hydrogens is 294 g/mol. The quantitative estimate of drug-likeness (QED) is 0.632. The maximum atomic E-state index is 12.0. The second-order valence-corrected chi connectivity index (χ2v) is 5.44. The summed E-state index contributed by atoms with van der Waals surface area (Å²) in [5.41, 5.74) is 2.45. The van der Waals surface area contributed by atoms with Gasteiger partial charge in [0.05, 0.1) is 4.92 Å². The van der Waals surface area contributed by atoms with Crippen LogP contribution in [-0.4, -0.2) is 17.4 Å². The Morgan fingerprint density at radius 3 is 2.57 bits per heavy atom. The molecule has 0 bridgehead atoms. The summed E-state index contributed by atoms with van der Waals surface area (Å²) in [4.78, 5) is 22.3. The minimum Gasteiger partial charge on any atom is -0.333 e. The van der Waals surface area contributed by atoms with E-state index in [0.717, 1.165) is 5.56 Å². The summed E-state index contributed by atoms with van der Waals surface area (Å²) in [6, 6.07) is 14.5. The lowest BCUT2D eigenvalue weighted by Gasteiger charge is -2.12. The lowest BCUT2D eigenvalue weighted by molar-refractivity contribution is -0.682. The van der Waals surface area contributed by atoms with Gasteiger partial charge in [0.25, 0.3) is 11.6 Å². The lowest BCUT2D eigenvalue weighted by atomic mass is 10.1. The van der Waals surface area contributed by atoms with Gasteiger partial charge in [0, 0.05) is 23.4 Å². The van der Waals surface area contributed by atoms with Crippen LogP contribution in [0.1, 0.15) is 24.1 Å². The Hall–Kier alpha value is -2.73. The van der Waals surface area contributed by atoms with E-state index in [0.29, 0.717) is 11.3 Å². The molecule has 0 aliphatic heterocycles. The van der Waals surface area contributed by atoms with Gasteiger partial charge in [-0.2, -0.15) is 0 Å². The van der Waals surface area contributed by atoms with Gasteiger partial charge in [-0.25, -0.2) is 0 Å². The van der Waals surface area contributed by atoms with Crippen molar-refractivity contribution in [1.29, 1.82) is 0 Å². The minimum atomic E-state index is -0.450. The van der Waals surface area contributed by atoms with Crippen molar-refractivity contribution >= 4 is 17.3 Å². The molecule has 0 saturated carbocycles. The molecular formula is C17H20N3O3+. The summed E-state index contributed by atoms with van der Waals surface area (Å²) in [6.45, 7) is 4.06. The molecule has 0 spiro atoms. The van der Waals surface area contributed by atoms with Crippen molar-refractivity contribution < 1.29 is 15.0 Å². The maximum absolute atomic E-state index is 12.0. The van der Waals surface area contributed by atoms with Crippen molar-refractivity contribution in [1.82, 2.24) is 0 Å². The Morgan fingerprint density at radius 2 is 1.96 bits per heavy atom. The predicted octanol–water partition coefficient (Wildman–Crippen LogP) is 2.17. The number of hydrogen-bond acceptors (Lipinski definition) is 3. The number of hydrogen-bond donors (Lipinski definition) is 2. The topological polar surface area (TPSA) is 88.9 Å². The first-order valence-electron chi connectivity index (χ1n) is 7.40. The summed E-state index contributed by atoms with van der Waals surface area (Å²) in [5, 5.41) is 15.5. The molecule has 0 unspecified atom stereocenters. The van der Waals surface area contributed by atoms with Crippen LogP contribution in [0.15, 0.2) is 48.5 Å². The minimum absolute atomic E-state index is 0.0183. The fraction of sp³-hybridized carbons (Fsp3) is 0.235. The summed E-state index contributed by atoms with van der Waals surface area (Å²) in [7, 11) is 0. The second kappa shape index (κ2) is 7.51. The molecule has 6 heteroatoms. The molecule has 1 amide bonds. The Bertz CT molecular complexity index is 701. The van der Waals surface area contributed by atoms with E-state index in [-0.39, 0.29) is 24.2 Å². The highest BCUT2D eigenvalue weighted by molar-refractivity contribution is 5.92. The number of nitro groups is 1. The van der Waals surface area contributed by atoms with E-state index in [2.05, 4.69) is 5.32 Å². The van der Waals surface area contributed by atoms with E-state index in [1.165, 1.54) is 12.1 Å². The third-order valence-corrected chi connectivity index (χ3v) is 3.68. The number of non-ortho nitro benzene ring substituents is 1. The van der Waals surface area contributed by atoms with Crippen LogP contribution in [0.3, 0.4) is 0 Å². The van der Waals surface area contributed by atoms with Crippen molar-refractivity contribution in [2.45, 2.75) is 19.9 Å². The van der Waals surface area contributed by atoms with Gasteiger partial charge in [0.1, 0.15) is 6.04 Å². The molecule has 23 heavy (non-hydrogen) atoms. The number of quaternary nitrogens is 1. The highest BCUT2D eigenvalue weighted by Crippen LogP contribution is 2.20. The molecule has 0 fully saturated rings. The average Bonchev–Trinajstić information content (AvgIpc) is 2.55. The Kier molecular flexibility index (Phi) is 5.43. The van der Waals surface area contributed by atoms with Gasteiger partial charge >= 0.3 is 0 Å². The summed E-state index contributed by atoms with van der Waals surface area (Å²) in [5.74, 6) is -0.135. The molecule has 0 saturated heterocycles. The Balaban J connectivity index is 1.91. The number of rotatable bonds is 6. The third-order valence-electron chi connectivity index (χ3n) is 3.68. The lowest BCUT2D eigenvalue weighted by Crippen LogP contribution is -2.86. The van der Waals surface area contributed by atoms with Crippen LogP contribution in [-0.2, 0) is 4.79 Å². The maximum Gasteiger partial charge on any atom is 0.279 e. The first kappa shape index (κ1) is 16.6. The van der Waals surface area contributed by atoms with Crippen LogP contribution < -0.4 is 10.6 Å². The molecule has 3 N–H and O–H groups in total. The van der Waals surface area contributed by atoms with E-state index < -0.39 is 4.92 Å². The van der Waals surface area contributed by atoms with Crippen molar-refractivity contribution in [3.8, 4) is 0 Å². The first-order valence-corrected chi connectivity index (χ1v) is 7.40. The number of amides is 1. The van der Waals surface area contributed by atoms with Crippen molar-refractivity contribution in [2.24, 2.45) is 0 Å². The molecule has 6 nitrogen and oxygen atoms in total. The number of carbonyl (C=O) groups is 1.